The van der Waals surface area contributed by atoms with Gasteiger partial charge in [0.15, 0.2) is 6.73 Å². The molecule has 3 aromatic rings. The van der Waals surface area contributed by atoms with Crippen LogP contribution >= 0.6 is 11.6 Å². The topological polar surface area (TPSA) is 69.0 Å². The first-order valence-corrected chi connectivity index (χ1v) is 11.3. The minimum absolute atomic E-state index is 0.289. The van der Waals surface area contributed by atoms with Crippen LogP contribution in [0.2, 0.25) is 5.02 Å². The number of fused-ring (bicyclic) bond motifs is 3. The second-order valence-electron chi connectivity index (χ2n) is 7.89. The van der Waals surface area contributed by atoms with Gasteiger partial charge in [-0.3, -0.25) is 0 Å². The maximum atomic E-state index is 12.2. The number of anilines is 1. The van der Waals surface area contributed by atoms with E-state index in [-0.39, 0.29) is 18.3 Å². The number of hydrogen-bond donors (Lipinski definition) is 0. The summed E-state index contributed by atoms with van der Waals surface area (Å²) in [6, 6.07) is 10.6. The molecule has 0 fully saturated rings. The van der Waals surface area contributed by atoms with Crippen molar-refractivity contribution in [2.24, 2.45) is 0 Å². The first kappa shape index (κ1) is 22.2. The Morgan fingerprint density at radius 2 is 1.94 bits per heavy atom. The molecule has 0 amide bonds. The van der Waals surface area contributed by atoms with Crippen LogP contribution in [-0.4, -0.2) is 19.3 Å². The van der Waals surface area contributed by atoms with Gasteiger partial charge in [0.2, 0.25) is 0 Å². The van der Waals surface area contributed by atoms with Crippen LogP contribution in [-0.2, 0) is 17.7 Å². The van der Waals surface area contributed by atoms with E-state index >= 15 is 0 Å². The molecule has 1 aromatic heterocycles. The Labute approximate surface area is 191 Å². The highest BCUT2D eigenvalue weighted by atomic mass is 35.5. The van der Waals surface area contributed by atoms with Crippen LogP contribution < -0.4 is 15.3 Å². The summed E-state index contributed by atoms with van der Waals surface area (Å²) in [7, 11) is 0. The SMILES string of the molecule is CCCCOC(=O)c1ccc(N2COc3c(Cl)cc4c(CCC)cc(=O)oc4c3C2)cc1. The highest BCUT2D eigenvalue weighted by Crippen LogP contribution is 2.40. The molecule has 2 aromatic carbocycles. The van der Waals surface area contributed by atoms with E-state index in [1.54, 1.807) is 12.1 Å². The van der Waals surface area contributed by atoms with Crippen molar-refractivity contribution < 1.29 is 18.7 Å². The normalized spacial score (nSPS) is 13.0. The number of benzene rings is 2. The van der Waals surface area contributed by atoms with Crippen molar-refractivity contribution in [1.82, 2.24) is 0 Å². The smallest absolute Gasteiger partial charge is 0.338 e. The number of hydrogen-bond acceptors (Lipinski definition) is 6. The Balaban J connectivity index is 1.63. The average Bonchev–Trinajstić information content (AvgIpc) is 2.80. The van der Waals surface area contributed by atoms with Gasteiger partial charge in [-0.15, -0.1) is 0 Å². The lowest BCUT2D eigenvalue weighted by Crippen LogP contribution is -2.32. The molecule has 1 aliphatic rings. The van der Waals surface area contributed by atoms with Crippen LogP contribution in [0.3, 0.4) is 0 Å². The van der Waals surface area contributed by atoms with Gasteiger partial charge in [0.1, 0.15) is 11.3 Å². The van der Waals surface area contributed by atoms with Gasteiger partial charge < -0.3 is 18.8 Å². The Bertz CT molecular complexity index is 1190. The van der Waals surface area contributed by atoms with Gasteiger partial charge in [-0.1, -0.05) is 38.3 Å². The second-order valence-corrected chi connectivity index (χ2v) is 8.30. The third-order valence-corrected chi connectivity index (χ3v) is 5.83. The number of halogens is 1. The standard InChI is InChI=1S/C25H26ClNO5/c1-3-5-11-30-25(29)16-7-9-18(10-8-16)27-14-20-23-19(13-21(26)24(20)31-15-27)17(6-4-2)12-22(28)32-23/h7-10,12-13H,3-6,11,14-15H2,1-2H3. The predicted molar refractivity (Wildman–Crippen MR) is 125 cm³/mol. The predicted octanol–water partition coefficient (Wildman–Crippen LogP) is 5.71. The number of ether oxygens (including phenoxy) is 2. The minimum atomic E-state index is -0.381. The molecule has 0 spiro atoms. The first-order chi connectivity index (χ1) is 15.5. The molecule has 0 radical (unpaired) electrons. The molecular formula is C25H26ClNO5. The van der Waals surface area contributed by atoms with E-state index in [0.717, 1.165) is 47.9 Å². The lowest BCUT2D eigenvalue weighted by Gasteiger charge is -2.31. The number of esters is 1. The van der Waals surface area contributed by atoms with E-state index in [1.807, 2.05) is 30.0 Å². The van der Waals surface area contributed by atoms with Crippen molar-refractivity contribution in [2.75, 3.05) is 18.2 Å². The average molecular weight is 456 g/mol. The number of unbranched alkanes of at least 4 members (excludes halogenated alkanes) is 1. The van der Waals surface area contributed by atoms with Crippen molar-refractivity contribution in [1.29, 1.82) is 0 Å². The molecule has 6 nitrogen and oxygen atoms in total. The van der Waals surface area contributed by atoms with Crippen molar-refractivity contribution in [3.05, 3.63) is 68.5 Å². The lowest BCUT2D eigenvalue weighted by atomic mass is 10.0. The van der Waals surface area contributed by atoms with Crippen LogP contribution in [0.15, 0.2) is 45.6 Å². The third kappa shape index (κ3) is 4.46. The molecular weight excluding hydrogens is 430 g/mol. The summed E-state index contributed by atoms with van der Waals surface area (Å²) < 4.78 is 16.8. The third-order valence-electron chi connectivity index (χ3n) is 5.55. The van der Waals surface area contributed by atoms with Crippen molar-refractivity contribution in [3.63, 3.8) is 0 Å². The van der Waals surface area contributed by atoms with Crippen LogP contribution in [0.25, 0.3) is 11.0 Å². The van der Waals surface area contributed by atoms with Crippen LogP contribution in [0, 0.1) is 0 Å². The van der Waals surface area contributed by atoms with Gasteiger partial charge in [-0.25, -0.2) is 9.59 Å². The van der Waals surface area contributed by atoms with Crippen LogP contribution in [0.5, 0.6) is 5.75 Å². The molecule has 0 bridgehead atoms. The molecule has 0 saturated carbocycles. The summed E-state index contributed by atoms with van der Waals surface area (Å²) in [6.07, 6.45) is 3.49. The molecule has 0 unspecified atom stereocenters. The maximum Gasteiger partial charge on any atom is 0.338 e. The van der Waals surface area contributed by atoms with E-state index in [1.165, 1.54) is 6.07 Å². The Morgan fingerprint density at radius 1 is 1.16 bits per heavy atom. The molecule has 2 heterocycles. The van der Waals surface area contributed by atoms with Gasteiger partial charge in [-0.05, 0) is 48.7 Å². The number of rotatable bonds is 7. The minimum Gasteiger partial charge on any atom is -0.471 e. The Morgan fingerprint density at radius 3 is 2.66 bits per heavy atom. The lowest BCUT2D eigenvalue weighted by molar-refractivity contribution is 0.0500. The van der Waals surface area contributed by atoms with Crippen LogP contribution in [0.4, 0.5) is 5.69 Å². The van der Waals surface area contributed by atoms with Crippen molar-refractivity contribution in [2.45, 2.75) is 46.1 Å². The molecule has 0 N–H and O–H groups in total. The molecule has 0 aliphatic carbocycles. The van der Waals surface area contributed by atoms with Crippen LogP contribution in [0.1, 0.15) is 54.6 Å². The fourth-order valence-corrected chi connectivity index (χ4v) is 4.17. The number of carbonyl (C=O) groups is 1. The van der Waals surface area contributed by atoms with Gasteiger partial charge >= 0.3 is 11.6 Å². The quantitative estimate of drug-likeness (QED) is 0.258. The van der Waals surface area contributed by atoms with Gasteiger partial charge in [0.25, 0.3) is 0 Å². The summed E-state index contributed by atoms with van der Waals surface area (Å²) in [4.78, 5) is 26.4. The summed E-state index contributed by atoms with van der Waals surface area (Å²) in [6.45, 7) is 5.29. The summed E-state index contributed by atoms with van der Waals surface area (Å²) in [5, 5.41) is 1.34. The summed E-state index contributed by atoms with van der Waals surface area (Å²) >= 11 is 6.52. The molecule has 32 heavy (non-hydrogen) atoms. The first-order valence-electron chi connectivity index (χ1n) is 10.9. The second kappa shape index (κ2) is 9.65. The van der Waals surface area contributed by atoms with E-state index in [4.69, 9.17) is 25.5 Å². The molecule has 168 valence electrons. The molecule has 7 heteroatoms. The number of aryl methyl sites for hydroxylation is 1. The zero-order valence-corrected chi connectivity index (χ0v) is 19.0. The van der Waals surface area contributed by atoms with Gasteiger partial charge in [0, 0.05) is 17.1 Å². The molecule has 0 atom stereocenters. The van der Waals surface area contributed by atoms with Crippen molar-refractivity contribution in [3.8, 4) is 5.75 Å². The zero-order chi connectivity index (χ0) is 22.7. The van der Waals surface area contributed by atoms with Gasteiger partial charge in [0.05, 0.1) is 29.3 Å². The van der Waals surface area contributed by atoms with Crippen molar-refractivity contribution >= 4 is 34.2 Å². The summed E-state index contributed by atoms with van der Waals surface area (Å²) in [5.41, 5.74) is 3.19. The number of carbonyl (C=O) groups excluding carboxylic acids is 1. The van der Waals surface area contributed by atoms with E-state index in [9.17, 15) is 9.59 Å². The summed E-state index contributed by atoms with van der Waals surface area (Å²) in [5.74, 6) is 0.219. The van der Waals surface area contributed by atoms with Gasteiger partial charge in [-0.2, -0.15) is 0 Å². The maximum absolute atomic E-state index is 12.2. The Hall–Kier alpha value is -2.99. The molecule has 4 rings (SSSR count). The fraction of sp³-hybridized carbons (Fsp3) is 0.360. The van der Waals surface area contributed by atoms with E-state index in [0.29, 0.717) is 35.1 Å². The highest BCUT2D eigenvalue weighted by molar-refractivity contribution is 6.33. The highest BCUT2D eigenvalue weighted by Gasteiger charge is 2.25. The monoisotopic (exact) mass is 455 g/mol. The number of nitrogens with zero attached hydrogens (tertiary/aromatic N) is 1. The molecule has 0 saturated heterocycles. The largest absolute Gasteiger partial charge is 0.471 e. The zero-order valence-electron chi connectivity index (χ0n) is 18.3. The fourth-order valence-electron chi connectivity index (χ4n) is 3.89. The Kier molecular flexibility index (Phi) is 6.70. The van der Waals surface area contributed by atoms with E-state index in [2.05, 4.69) is 6.92 Å². The molecule has 1 aliphatic heterocycles. The van der Waals surface area contributed by atoms with E-state index < -0.39 is 0 Å².